The number of fused-ring (bicyclic) bond motifs is 2. The number of hydrogen-bond acceptors (Lipinski definition) is 0. The first-order valence-electron chi connectivity index (χ1n) is 16.5. The Hall–Kier alpha value is -3.33. The predicted molar refractivity (Wildman–Crippen MR) is 198 cm³/mol. The van der Waals surface area contributed by atoms with Crippen LogP contribution in [0.3, 0.4) is 0 Å². The summed E-state index contributed by atoms with van der Waals surface area (Å²) in [5.74, 6) is 0. The topological polar surface area (TPSA) is 0 Å². The van der Waals surface area contributed by atoms with E-state index in [1.165, 1.54) is 66.8 Å². The van der Waals surface area contributed by atoms with E-state index in [4.69, 9.17) is 0 Å². The van der Waals surface area contributed by atoms with Gasteiger partial charge in [-0.15, -0.1) is 0 Å². The monoisotopic (exact) mass is 770 g/mol. The molecule has 2 atom stereocenters. The summed E-state index contributed by atoms with van der Waals surface area (Å²) < 4.78 is 10.4. The van der Waals surface area contributed by atoms with E-state index in [1.807, 2.05) is 0 Å². The van der Waals surface area contributed by atoms with Crippen LogP contribution in [0.15, 0.2) is 115 Å². The van der Waals surface area contributed by atoms with E-state index in [2.05, 4.69) is 176 Å². The van der Waals surface area contributed by atoms with Crippen LogP contribution in [0.4, 0.5) is 0 Å². The first-order valence-corrected chi connectivity index (χ1v) is 41.6. The van der Waals surface area contributed by atoms with Gasteiger partial charge in [0.1, 0.15) is 0 Å². The van der Waals surface area contributed by atoms with E-state index < -0.39 is 14.2 Å². The first kappa shape index (κ1) is 30.3. The summed E-state index contributed by atoms with van der Waals surface area (Å²) in [5, 5.41) is 0. The van der Waals surface area contributed by atoms with Crippen LogP contribution in [0.25, 0.3) is 34.4 Å². The van der Waals surface area contributed by atoms with Gasteiger partial charge in [-0.1, -0.05) is 0 Å². The molecule has 0 aromatic heterocycles. The van der Waals surface area contributed by atoms with E-state index >= 15 is 0 Å². The Morgan fingerprint density at radius 3 is 1.29 bits per heavy atom. The van der Waals surface area contributed by atoms with Gasteiger partial charge in [0.2, 0.25) is 0 Å². The maximum atomic E-state index is 2.76. The van der Waals surface area contributed by atoms with E-state index in [0.717, 1.165) is 0 Å². The molecular weight excluding hydrogens is 723 g/mol. The van der Waals surface area contributed by atoms with Crippen LogP contribution < -0.4 is 3.32 Å². The van der Waals surface area contributed by atoms with Crippen molar-refractivity contribution < 1.29 is 14.2 Å². The van der Waals surface area contributed by atoms with Crippen molar-refractivity contribution in [2.75, 3.05) is 0 Å². The summed E-state index contributed by atoms with van der Waals surface area (Å²) >= 11 is -5.35. The van der Waals surface area contributed by atoms with Crippen LogP contribution in [-0.4, -0.2) is 6.94 Å². The molecule has 226 valence electrons. The summed E-state index contributed by atoms with van der Waals surface area (Å²) in [6, 6.07) is 39.7. The van der Waals surface area contributed by atoms with E-state index in [0.29, 0.717) is 7.35 Å². The Morgan fingerprint density at radius 1 is 0.489 bits per heavy atom. The molecule has 0 N–H and O–H groups in total. The Kier molecular flexibility index (Phi) is 6.16. The van der Waals surface area contributed by atoms with Crippen molar-refractivity contribution in [2.45, 2.75) is 49.1 Å². The second kappa shape index (κ2) is 9.14. The average Bonchev–Trinajstić information content (AvgIpc) is 3.63. The zero-order valence-corrected chi connectivity index (χ0v) is 33.0. The Labute approximate surface area is 266 Å². The zero-order valence-electron chi connectivity index (χ0n) is 28.0. The average molecular weight is 769 g/mol. The van der Waals surface area contributed by atoms with Crippen LogP contribution in [0.2, 0.25) is 14.0 Å². The van der Waals surface area contributed by atoms with Gasteiger partial charge < -0.3 is 0 Å². The molecule has 0 nitrogen and oxygen atoms in total. The van der Waals surface area contributed by atoms with E-state index in [1.54, 1.807) is 3.32 Å². The van der Waals surface area contributed by atoms with Gasteiger partial charge >= 0.3 is 268 Å². The molecule has 5 aromatic rings. The number of rotatable bonds is 5. The molecule has 0 saturated carbocycles. The summed E-state index contributed by atoms with van der Waals surface area (Å²) in [4.78, 5) is 0. The maximum absolute atomic E-state index is 5.35. The second-order valence-corrected chi connectivity index (χ2v) is 94.7. The fourth-order valence-corrected chi connectivity index (χ4v) is 47.7. The minimum absolute atomic E-state index is 0.293. The standard InChI is InChI=1S/2C17H15.C6H5.3CH3.Hf.H2Si/c2*1-12-9-13(2)11-15(10-12)17-8-4-6-14-5-3-7-16(14)17;1-2-4-6-5-3-1;;;;;/h2*3-11H,1-2H3;1-5H;3*1H3;;1H2. The molecule has 2 aliphatic rings. The molecule has 0 amide bonds. The van der Waals surface area contributed by atoms with E-state index in [-0.39, 0.29) is 0 Å². The molecule has 2 heteroatoms. The van der Waals surface area contributed by atoms with Crippen LogP contribution in [-0.2, 0) is 14.2 Å². The fraction of sp³-hybridized carbons (Fsp3) is 0.209. The quantitative estimate of drug-likeness (QED) is 0.156. The summed E-state index contributed by atoms with van der Waals surface area (Å²) in [6.45, 7) is 11.3. The summed E-state index contributed by atoms with van der Waals surface area (Å²) in [7, 11) is 0. The van der Waals surface area contributed by atoms with Crippen molar-refractivity contribution in [2.24, 2.45) is 0 Å². The molecule has 0 heterocycles. The van der Waals surface area contributed by atoms with Crippen LogP contribution in [0.1, 0.15) is 51.9 Å². The fourth-order valence-electron chi connectivity index (χ4n) is 9.65. The van der Waals surface area contributed by atoms with Crippen molar-refractivity contribution in [1.82, 2.24) is 0 Å². The number of hydrogen-bond donors (Lipinski definition) is 0. The first-order chi connectivity index (χ1) is 21.1. The second-order valence-electron chi connectivity index (χ2n) is 17.5. The third kappa shape index (κ3) is 4.32. The molecular formula is C43H46HfSi. The summed E-state index contributed by atoms with van der Waals surface area (Å²) in [5.41, 5.74) is 16.3. The van der Waals surface area contributed by atoms with Gasteiger partial charge in [-0.3, -0.25) is 0 Å². The third-order valence-electron chi connectivity index (χ3n) is 12.1. The number of aryl methyl sites for hydroxylation is 4. The SMILES string of the molecule is Cc1cc(C)cc(-c2cccc3c2C=C[CH]3[Hf]([CH3])([CH3])([CH3])(=[SiH2])([c]2ccccc2)[CH]2C=Cc3c(-c4cc(C)cc(C)c4)cccc32)c1. The molecule has 0 bridgehead atoms. The Morgan fingerprint density at radius 2 is 0.889 bits per heavy atom. The van der Waals surface area contributed by atoms with Gasteiger partial charge in [0.25, 0.3) is 0 Å². The van der Waals surface area contributed by atoms with Gasteiger partial charge in [0.05, 0.1) is 0 Å². The molecule has 2 unspecified atom stereocenters. The minimum atomic E-state index is -5.35. The van der Waals surface area contributed by atoms with E-state index in [9.17, 15) is 0 Å². The normalized spacial score (nSPS) is 19.3. The third-order valence-corrected chi connectivity index (χ3v) is 58.9. The molecule has 0 radical (unpaired) electrons. The van der Waals surface area contributed by atoms with Crippen molar-refractivity contribution in [1.29, 1.82) is 0 Å². The molecule has 5 aromatic carbocycles. The molecule has 2 aliphatic carbocycles. The molecule has 0 fully saturated rings. The van der Waals surface area contributed by atoms with Crippen LogP contribution in [0, 0.1) is 27.7 Å². The van der Waals surface area contributed by atoms with Gasteiger partial charge in [-0.25, -0.2) is 0 Å². The summed E-state index contributed by atoms with van der Waals surface area (Å²) in [6.07, 6.45) is 10.1. The van der Waals surface area contributed by atoms with Crippen LogP contribution >= 0.6 is 0 Å². The Balaban J connectivity index is 1.51. The zero-order chi connectivity index (χ0) is 31.9. The van der Waals surface area contributed by atoms with Crippen molar-refractivity contribution >= 4 is 22.4 Å². The van der Waals surface area contributed by atoms with Gasteiger partial charge in [-0.05, 0) is 0 Å². The molecule has 0 aliphatic heterocycles. The number of allylic oxidation sites excluding steroid dienone is 2. The van der Waals surface area contributed by atoms with Crippen molar-refractivity contribution in [3.05, 3.63) is 160 Å². The molecule has 0 saturated heterocycles. The van der Waals surface area contributed by atoms with Crippen molar-refractivity contribution in [3.63, 3.8) is 0 Å². The van der Waals surface area contributed by atoms with Gasteiger partial charge in [0, 0.05) is 0 Å². The molecule has 0 spiro atoms. The van der Waals surface area contributed by atoms with Crippen molar-refractivity contribution in [3.8, 4) is 22.3 Å². The van der Waals surface area contributed by atoms with Gasteiger partial charge in [-0.2, -0.15) is 0 Å². The van der Waals surface area contributed by atoms with Crippen LogP contribution in [0.5, 0.6) is 0 Å². The Bertz CT molecular complexity index is 2070. The predicted octanol–water partition coefficient (Wildman–Crippen LogP) is 10.9. The van der Waals surface area contributed by atoms with Gasteiger partial charge in [0.15, 0.2) is 0 Å². The molecule has 7 rings (SSSR count). The molecule has 45 heavy (non-hydrogen) atoms. The number of benzene rings is 5.